The molecule has 0 fully saturated rings. The SMILES string of the molecule is CNc1ccc(C=C(C#N)c2ccccn2)cc1[N+](=O)[O-]. The second kappa shape index (κ2) is 6.30. The number of nitrogens with one attached hydrogen (secondary N) is 1. The minimum Gasteiger partial charge on any atom is -0.383 e. The van der Waals surface area contributed by atoms with Gasteiger partial charge in [0.25, 0.3) is 5.69 Å². The number of benzene rings is 1. The third-order valence-electron chi connectivity index (χ3n) is 2.86. The third-order valence-corrected chi connectivity index (χ3v) is 2.86. The molecule has 6 nitrogen and oxygen atoms in total. The molecule has 0 amide bonds. The zero-order valence-corrected chi connectivity index (χ0v) is 11.3. The summed E-state index contributed by atoms with van der Waals surface area (Å²) in [7, 11) is 1.62. The van der Waals surface area contributed by atoms with Gasteiger partial charge in [0.05, 0.1) is 16.2 Å². The van der Waals surface area contributed by atoms with Gasteiger partial charge in [-0.15, -0.1) is 0 Å². The maximum atomic E-state index is 11.0. The quantitative estimate of drug-likeness (QED) is 0.527. The summed E-state index contributed by atoms with van der Waals surface area (Å²) in [6, 6.07) is 12.0. The molecule has 0 saturated carbocycles. The lowest BCUT2D eigenvalue weighted by Crippen LogP contribution is -1.96. The Kier molecular flexibility index (Phi) is 4.26. The zero-order valence-electron chi connectivity index (χ0n) is 11.3. The second-order valence-corrected chi connectivity index (χ2v) is 4.17. The Morgan fingerprint density at radius 3 is 2.81 bits per heavy atom. The lowest BCUT2D eigenvalue weighted by atomic mass is 10.1. The molecular weight excluding hydrogens is 268 g/mol. The number of nitrogens with zero attached hydrogens (tertiary/aromatic N) is 3. The summed E-state index contributed by atoms with van der Waals surface area (Å²) < 4.78 is 0. The van der Waals surface area contributed by atoms with Crippen molar-refractivity contribution in [3.05, 3.63) is 64.0 Å². The van der Waals surface area contributed by atoms with Crippen LogP contribution in [0.4, 0.5) is 11.4 Å². The smallest absolute Gasteiger partial charge is 0.292 e. The van der Waals surface area contributed by atoms with Gasteiger partial charge in [-0.2, -0.15) is 5.26 Å². The Bertz CT molecular complexity index is 733. The molecule has 0 radical (unpaired) electrons. The Morgan fingerprint density at radius 2 is 2.24 bits per heavy atom. The molecule has 1 aromatic carbocycles. The van der Waals surface area contributed by atoms with Gasteiger partial charge in [-0.05, 0) is 29.8 Å². The molecule has 0 atom stereocenters. The number of hydrogen-bond donors (Lipinski definition) is 1. The normalized spacial score (nSPS) is 10.8. The van der Waals surface area contributed by atoms with Crippen LogP contribution >= 0.6 is 0 Å². The molecule has 1 N–H and O–H groups in total. The van der Waals surface area contributed by atoms with E-state index in [9.17, 15) is 15.4 Å². The number of pyridine rings is 1. The number of rotatable bonds is 4. The minimum atomic E-state index is -0.462. The van der Waals surface area contributed by atoms with E-state index in [0.29, 0.717) is 22.5 Å². The molecule has 2 rings (SSSR count). The molecule has 2 aromatic rings. The Balaban J connectivity index is 2.47. The summed E-state index contributed by atoms with van der Waals surface area (Å²) in [5, 5.41) is 23.0. The number of nitro groups is 1. The van der Waals surface area contributed by atoms with Crippen molar-refractivity contribution in [2.24, 2.45) is 0 Å². The summed E-state index contributed by atoms with van der Waals surface area (Å²) in [5.74, 6) is 0. The van der Waals surface area contributed by atoms with E-state index >= 15 is 0 Å². The lowest BCUT2D eigenvalue weighted by Gasteiger charge is -2.03. The number of nitro benzene ring substituents is 1. The van der Waals surface area contributed by atoms with E-state index in [2.05, 4.69) is 16.4 Å². The summed E-state index contributed by atoms with van der Waals surface area (Å²) in [5.41, 5.74) is 1.84. The largest absolute Gasteiger partial charge is 0.383 e. The summed E-state index contributed by atoms with van der Waals surface area (Å²) in [6.07, 6.45) is 3.17. The number of anilines is 1. The van der Waals surface area contributed by atoms with Gasteiger partial charge < -0.3 is 5.32 Å². The Labute approximate surface area is 121 Å². The van der Waals surface area contributed by atoms with Gasteiger partial charge in [0, 0.05) is 19.3 Å². The molecule has 0 aliphatic rings. The fourth-order valence-corrected chi connectivity index (χ4v) is 1.85. The number of nitriles is 1. The average molecular weight is 280 g/mol. The van der Waals surface area contributed by atoms with E-state index in [1.54, 1.807) is 49.7 Å². The highest BCUT2D eigenvalue weighted by atomic mass is 16.6. The van der Waals surface area contributed by atoms with Crippen molar-refractivity contribution in [3.8, 4) is 6.07 Å². The van der Waals surface area contributed by atoms with Crippen LogP contribution in [-0.2, 0) is 0 Å². The van der Waals surface area contributed by atoms with Crippen LogP contribution < -0.4 is 5.32 Å². The summed E-state index contributed by atoms with van der Waals surface area (Å²) >= 11 is 0. The maximum Gasteiger partial charge on any atom is 0.292 e. The molecule has 0 spiro atoms. The van der Waals surface area contributed by atoms with Gasteiger partial charge in [-0.3, -0.25) is 15.1 Å². The molecule has 6 heteroatoms. The molecule has 1 heterocycles. The highest BCUT2D eigenvalue weighted by Gasteiger charge is 2.13. The number of allylic oxidation sites excluding steroid dienone is 1. The zero-order chi connectivity index (χ0) is 15.2. The minimum absolute atomic E-state index is 0.0374. The maximum absolute atomic E-state index is 11.0. The van der Waals surface area contributed by atoms with Crippen molar-refractivity contribution in [1.82, 2.24) is 4.98 Å². The van der Waals surface area contributed by atoms with Gasteiger partial charge in [0.2, 0.25) is 0 Å². The van der Waals surface area contributed by atoms with Gasteiger partial charge in [0.15, 0.2) is 0 Å². The highest BCUT2D eigenvalue weighted by Crippen LogP contribution is 2.27. The molecule has 0 aliphatic heterocycles. The van der Waals surface area contributed by atoms with Gasteiger partial charge in [-0.1, -0.05) is 12.1 Å². The highest BCUT2D eigenvalue weighted by molar-refractivity contribution is 5.89. The number of aromatic nitrogens is 1. The molecule has 21 heavy (non-hydrogen) atoms. The standard InChI is InChI=1S/C15H12N4O2/c1-17-14-6-5-11(9-15(14)19(20)21)8-12(10-16)13-4-2-3-7-18-13/h2-9,17H,1H3. The molecule has 104 valence electrons. The second-order valence-electron chi connectivity index (χ2n) is 4.17. The predicted molar refractivity (Wildman–Crippen MR) is 80.4 cm³/mol. The topological polar surface area (TPSA) is 91.8 Å². The van der Waals surface area contributed by atoms with Crippen molar-refractivity contribution in [2.75, 3.05) is 12.4 Å². The van der Waals surface area contributed by atoms with Gasteiger partial charge in [-0.25, -0.2) is 0 Å². The first-order valence-corrected chi connectivity index (χ1v) is 6.15. The van der Waals surface area contributed by atoms with Crippen LogP contribution in [0.2, 0.25) is 0 Å². The van der Waals surface area contributed by atoms with Crippen molar-refractivity contribution >= 4 is 23.0 Å². The van der Waals surface area contributed by atoms with Crippen molar-refractivity contribution in [3.63, 3.8) is 0 Å². The van der Waals surface area contributed by atoms with Crippen LogP contribution in [0.3, 0.4) is 0 Å². The van der Waals surface area contributed by atoms with Crippen LogP contribution in [0, 0.1) is 21.4 Å². The molecule has 0 saturated heterocycles. The van der Waals surface area contributed by atoms with Crippen molar-refractivity contribution in [2.45, 2.75) is 0 Å². The monoisotopic (exact) mass is 280 g/mol. The molecule has 0 bridgehead atoms. The van der Waals surface area contributed by atoms with E-state index in [0.717, 1.165) is 0 Å². The van der Waals surface area contributed by atoms with E-state index in [1.165, 1.54) is 6.07 Å². The predicted octanol–water partition coefficient (Wildman–Crippen LogP) is 3.10. The van der Waals surface area contributed by atoms with Crippen molar-refractivity contribution in [1.29, 1.82) is 5.26 Å². The van der Waals surface area contributed by atoms with Gasteiger partial charge >= 0.3 is 0 Å². The van der Waals surface area contributed by atoms with E-state index < -0.39 is 4.92 Å². The van der Waals surface area contributed by atoms with Crippen LogP contribution in [0.1, 0.15) is 11.3 Å². The molecule has 1 aromatic heterocycles. The first-order chi connectivity index (χ1) is 10.2. The first-order valence-electron chi connectivity index (χ1n) is 6.15. The lowest BCUT2D eigenvalue weighted by molar-refractivity contribution is -0.383. The van der Waals surface area contributed by atoms with E-state index in [4.69, 9.17) is 0 Å². The van der Waals surface area contributed by atoms with E-state index in [-0.39, 0.29) is 5.69 Å². The van der Waals surface area contributed by atoms with E-state index in [1.807, 2.05) is 0 Å². The Hall–Kier alpha value is -3.20. The Morgan fingerprint density at radius 1 is 1.43 bits per heavy atom. The fraction of sp³-hybridized carbons (Fsp3) is 0.0667. The van der Waals surface area contributed by atoms with Crippen molar-refractivity contribution < 1.29 is 4.92 Å². The fourth-order valence-electron chi connectivity index (χ4n) is 1.85. The summed E-state index contributed by atoms with van der Waals surface area (Å²) in [6.45, 7) is 0. The number of hydrogen-bond acceptors (Lipinski definition) is 5. The van der Waals surface area contributed by atoms with Crippen LogP contribution in [0.5, 0.6) is 0 Å². The van der Waals surface area contributed by atoms with Gasteiger partial charge in [0.1, 0.15) is 11.8 Å². The summed E-state index contributed by atoms with van der Waals surface area (Å²) in [4.78, 5) is 14.7. The molecular formula is C15H12N4O2. The van der Waals surface area contributed by atoms with Crippen LogP contribution in [0.25, 0.3) is 11.6 Å². The first kappa shape index (κ1) is 14.2. The molecule has 0 unspecified atom stereocenters. The van der Waals surface area contributed by atoms with Crippen LogP contribution in [0.15, 0.2) is 42.6 Å². The molecule has 0 aliphatic carbocycles. The average Bonchev–Trinajstić information content (AvgIpc) is 2.53. The third kappa shape index (κ3) is 3.22. The van der Waals surface area contributed by atoms with Crippen LogP contribution in [-0.4, -0.2) is 17.0 Å².